The Kier molecular flexibility index (Phi) is 6.59. The van der Waals surface area contributed by atoms with Crippen LogP contribution in [0.25, 0.3) is 0 Å². The number of nitrogens with zero attached hydrogens (tertiary/aromatic N) is 2. The van der Waals surface area contributed by atoms with Crippen molar-refractivity contribution in [3.63, 3.8) is 0 Å². The van der Waals surface area contributed by atoms with Gasteiger partial charge < -0.3 is 5.32 Å². The van der Waals surface area contributed by atoms with Crippen LogP contribution in [0.2, 0.25) is 0 Å². The lowest BCUT2D eigenvalue weighted by Gasteiger charge is -2.15. The van der Waals surface area contributed by atoms with E-state index in [1.54, 1.807) is 0 Å². The van der Waals surface area contributed by atoms with E-state index in [2.05, 4.69) is 46.4 Å². The molecule has 3 nitrogen and oxygen atoms in total. The van der Waals surface area contributed by atoms with Gasteiger partial charge in [-0.25, -0.2) is 0 Å². The summed E-state index contributed by atoms with van der Waals surface area (Å²) in [5, 5.41) is 8.10. The van der Waals surface area contributed by atoms with Crippen LogP contribution in [-0.2, 0) is 20.0 Å². The first-order chi connectivity index (χ1) is 8.13. The van der Waals surface area contributed by atoms with Gasteiger partial charge in [0.2, 0.25) is 0 Å². The van der Waals surface area contributed by atoms with Crippen molar-refractivity contribution in [3.8, 4) is 0 Å². The van der Waals surface area contributed by atoms with Crippen molar-refractivity contribution in [3.05, 3.63) is 15.9 Å². The number of thioether (sulfide) groups is 1. The minimum atomic E-state index is 0.580. The minimum absolute atomic E-state index is 0.580. The van der Waals surface area contributed by atoms with Crippen molar-refractivity contribution in [2.45, 2.75) is 39.3 Å². The van der Waals surface area contributed by atoms with Crippen LogP contribution in [-0.4, -0.2) is 27.8 Å². The number of hydrogen-bond donors (Lipinski definition) is 1. The highest BCUT2D eigenvalue weighted by Crippen LogP contribution is 2.21. The Hall–Kier alpha value is -0.000000000000000111. The average Bonchev–Trinajstić information content (AvgIpc) is 2.60. The number of rotatable bonds is 7. The van der Waals surface area contributed by atoms with Crippen molar-refractivity contribution in [1.82, 2.24) is 15.1 Å². The SMILES string of the molecule is CCc1nn(C)c(CNC(CC)CSC)c1Br. The van der Waals surface area contributed by atoms with E-state index in [0.717, 1.165) is 35.3 Å². The molecule has 1 atom stereocenters. The highest BCUT2D eigenvalue weighted by Gasteiger charge is 2.13. The molecule has 1 rings (SSSR count). The van der Waals surface area contributed by atoms with E-state index in [-0.39, 0.29) is 0 Å². The smallest absolute Gasteiger partial charge is 0.0767 e. The Morgan fingerprint density at radius 3 is 2.65 bits per heavy atom. The Labute approximate surface area is 117 Å². The van der Waals surface area contributed by atoms with Gasteiger partial charge in [-0.1, -0.05) is 13.8 Å². The molecule has 0 saturated heterocycles. The zero-order valence-electron chi connectivity index (χ0n) is 11.1. The third kappa shape index (κ3) is 4.00. The van der Waals surface area contributed by atoms with Crippen molar-refractivity contribution in [1.29, 1.82) is 0 Å². The van der Waals surface area contributed by atoms with Gasteiger partial charge in [0.15, 0.2) is 0 Å². The number of aromatic nitrogens is 2. The van der Waals surface area contributed by atoms with Gasteiger partial charge in [0.25, 0.3) is 0 Å². The Bertz CT molecular complexity index is 352. The summed E-state index contributed by atoms with van der Waals surface area (Å²) >= 11 is 5.54. The van der Waals surface area contributed by atoms with E-state index >= 15 is 0 Å². The summed E-state index contributed by atoms with van der Waals surface area (Å²) in [7, 11) is 2.01. The molecule has 98 valence electrons. The molecule has 1 N–H and O–H groups in total. The number of halogens is 1. The van der Waals surface area contributed by atoms with E-state index in [4.69, 9.17) is 0 Å². The summed E-state index contributed by atoms with van der Waals surface area (Å²) in [6.07, 6.45) is 4.28. The molecule has 5 heteroatoms. The summed E-state index contributed by atoms with van der Waals surface area (Å²) in [6, 6.07) is 0.580. The molecular weight excluding hydrogens is 298 g/mol. The van der Waals surface area contributed by atoms with Crippen LogP contribution in [0.4, 0.5) is 0 Å². The third-order valence-corrected chi connectivity index (χ3v) is 4.57. The van der Waals surface area contributed by atoms with Gasteiger partial charge in [-0.2, -0.15) is 16.9 Å². The first-order valence-electron chi connectivity index (χ1n) is 6.06. The summed E-state index contributed by atoms with van der Waals surface area (Å²) in [5.41, 5.74) is 2.38. The molecule has 0 aliphatic heterocycles. The van der Waals surface area contributed by atoms with Crippen molar-refractivity contribution < 1.29 is 0 Å². The molecule has 0 aliphatic rings. The van der Waals surface area contributed by atoms with Crippen LogP contribution in [0.15, 0.2) is 4.47 Å². The van der Waals surface area contributed by atoms with E-state index in [1.807, 2.05) is 23.5 Å². The van der Waals surface area contributed by atoms with Gasteiger partial charge in [-0.05, 0) is 35.0 Å². The minimum Gasteiger partial charge on any atom is -0.308 e. The monoisotopic (exact) mass is 319 g/mol. The zero-order valence-corrected chi connectivity index (χ0v) is 13.5. The number of hydrogen-bond acceptors (Lipinski definition) is 3. The third-order valence-electron chi connectivity index (χ3n) is 2.92. The van der Waals surface area contributed by atoms with Gasteiger partial charge in [-0.3, -0.25) is 4.68 Å². The molecule has 0 fully saturated rings. The fourth-order valence-corrected chi connectivity index (χ4v) is 3.29. The molecule has 0 aliphatic carbocycles. The van der Waals surface area contributed by atoms with Gasteiger partial charge in [0.1, 0.15) is 0 Å². The molecule has 1 unspecified atom stereocenters. The molecule has 0 aromatic carbocycles. The predicted molar refractivity (Wildman–Crippen MR) is 79.6 cm³/mol. The first-order valence-corrected chi connectivity index (χ1v) is 8.25. The second-order valence-electron chi connectivity index (χ2n) is 4.13. The van der Waals surface area contributed by atoms with Crippen LogP contribution < -0.4 is 5.32 Å². The van der Waals surface area contributed by atoms with Gasteiger partial charge in [0.05, 0.1) is 15.9 Å². The highest BCUT2D eigenvalue weighted by molar-refractivity contribution is 9.10. The maximum atomic E-state index is 4.50. The lowest BCUT2D eigenvalue weighted by atomic mass is 10.2. The topological polar surface area (TPSA) is 29.9 Å². The second-order valence-corrected chi connectivity index (χ2v) is 5.83. The average molecular weight is 320 g/mol. The molecule has 0 saturated carbocycles. The van der Waals surface area contributed by atoms with Crippen LogP contribution in [0.3, 0.4) is 0 Å². The van der Waals surface area contributed by atoms with E-state index in [1.165, 1.54) is 5.69 Å². The fourth-order valence-electron chi connectivity index (χ4n) is 1.78. The Morgan fingerprint density at radius 1 is 1.47 bits per heavy atom. The predicted octanol–water partition coefficient (Wildman–Crippen LogP) is 2.98. The maximum absolute atomic E-state index is 4.50. The Balaban J connectivity index is 2.65. The molecule has 17 heavy (non-hydrogen) atoms. The number of aryl methyl sites for hydroxylation is 2. The highest BCUT2D eigenvalue weighted by atomic mass is 79.9. The number of nitrogens with one attached hydrogen (secondary N) is 1. The maximum Gasteiger partial charge on any atom is 0.0767 e. The van der Waals surface area contributed by atoms with E-state index in [9.17, 15) is 0 Å². The zero-order chi connectivity index (χ0) is 12.8. The first kappa shape index (κ1) is 15.1. The molecule has 0 amide bonds. The van der Waals surface area contributed by atoms with Crippen LogP contribution in [0.1, 0.15) is 31.7 Å². The normalized spacial score (nSPS) is 13.0. The molecule has 0 spiro atoms. The lowest BCUT2D eigenvalue weighted by molar-refractivity contribution is 0.521. The van der Waals surface area contributed by atoms with Crippen LogP contribution in [0.5, 0.6) is 0 Å². The van der Waals surface area contributed by atoms with Gasteiger partial charge in [0, 0.05) is 25.4 Å². The molecule has 1 aromatic heterocycles. The lowest BCUT2D eigenvalue weighted by Crippen LogP contribution is -2.30. The summed E-state index contributed by atoms with van der Waals surface area (Å²) < 4.78 is 3.14. The largest absolute Gasteiger partial charge is 0.308 e. The molecular formula is C12H22BrN3S. The summed E-state index contributed by atoms with van der Waals surface area (Å²) in [4.78, 5) is 0. The second kappa shape index (κ2) is 7.44. The molecule has 0 radical (unpaired) electrons. The van der Waals surface area contributed by atoms with Crippen LogP contribution >= 0.6 is 27.7 Å². The van der Waals surface area contributed by atoms with E-state index in [0.29, 0.717) is 6.04 Å². The molecule has 0 bridgehead atoms. The van der Waals surface area contributed by atoms with Crippen molar-refractivity contribution in [2.75, 3.05) is 12.0 Å². The summed E-state index contributed by atoms with van der Waals surface area (Å²) in [6.45, 7) is 5.24. The fraction of sp³-hybridized carbons (Fsp3) is 0.750. The van der Waals surface area contributed by atoms with Crippen molar-refractivity contribution >= 4 is 27.7 Å². The van der Waals surface area contributed by atoms with Crippen LogP contribution in [0, 0.1) is 0 Å². The van der Waals surface area contributed by atoms with Crippen molar-refractivity contribution in [2.24, 2.45) is 7.05 Å². The molecule has 1 heterocycles. The molecule has 1 aromatic rings. The van der Waals surface area contributed by atoms with Gasteiger partial charge in [-0.15, -0.1) is 0 Å². The standard InChI is InChI=1S/C12H22BrN3S/c1-5-9(8-17-4)14-7-11-12(13)10(6-2)15-16(11)3/h9,14H,5-8H2,1-4H3. The van der Waals surface area contributed by atoms with Gasteiger partial charge >= 0.3 is 0 Å². The summed E-state index contributed by atoms with van der Waals surface area (Å²) in [5.74, 6) is 1.16. The Morgan fingerprint density at radius 2 is 2.18 bits per heavy atom. The van der Waals surface area contributed by atoms with E-state index < -0.39 is 0 Å². The quantitative estimate of drug-likeness (QED) is 0.838.